The predicted molar refractivity (Wildman–Crippen MR) is 115 cm³/mol. The van der Waals surface area contributed by atoms with Crippen molar-refractivity contribution in [2.45, 2.75) is 25.2 Å². The number of likely N-dealkylation sites (tertiary alicyclic amines) is 1. The summed E-state index contributed by atoms with van der Waals surface area (Å²) in [5.74, 6) is 0.939. The Morgan fingerprint density at radius 1 is 1.07 bits per heavy atom. The van der Waals surface area contributed by atoms with Crippen LogP contribution >= 0.6 is 0 Å². The van der Waals surface area contributed by atoms with E-state index in [0.29, 0.717) is 55.8 Å². The van der Waals surface area contributed by atoms with Gasteiger partial charge in [0.15, 0.2) is 0 Å². The maximum absolute atomic E-state index is 12.7. The van der Waals surface area contributed by atoms with Gasteiger partial charge in [-0.15, -0.1) is 0 Å². The summed E-state index contributed by atoms with van der Waals surface area (Å²) in [6.45, 7) is 7.09. The second-order valence-electron chi connectivity index (χ2n) is 7.15. The van der Waals surface area contributed by atoms with Gasteiger partial charge in [0.2, 0.25) is 0 Å². The lowest BCUT2D eigenvalue weighted by Crippen LogP contribution is -2.29. The van der Waals surface area contributed by atoms with Gasteiger partial charge in [-0.05, 0) is 68.8 Å². The first-order valence-electron chi connectivity index (χ1n) is 10.2. The number of rotatable bonds is 9. The second-order valence-corrected chi connectivity index (χ2v) is 8.84. The molecule has 0 bridgehead atoms. The minimum Gasteiger partial charge on any atom is -0.494 e. The van der Waals surface area contributed by atoms with Gasteiger partial charge < -0.3 is 14.4 Å². The number of anilines is 1. The van der Waals surface area contributed by atoms with Crippen molar-refractivity contribution in [3.63, 3.8) is 0 Å². The molecule has 1 N–H and O–H groups in total. The lowest BCUT2D eigenvalue weighted by molar-refractivity contribution is 0.0763. The molecule has 0 saturated carbocycles. The fraction of sp³-hybridized carbons (Fsp3) is 0.409. The lowest BCUT2D eigenvalue weighted by atomic mass is 10.1. The van der Waals surface area contributed by atoms with Crippen molar-refractivity contribution in [3.8, 4) is 5.75 Å². The van der Waals surface area contributed by atoms with Crippen molar-refractivity contribution in [1.82, 2.24) is 4.90 Å². The third kappa shape index (κ3) is 5.52. The molecule has 1 fully saturated rings. The fourth-order valence-electron chi connectivity index (χ4n) is 3.40. The number of sulfonamides is 1. The zero-order valence-corrected chi connectivity index (χ0v) is 18.2. The lowest BCUT2D eigenvalue weighted by Gasteiger charge is -2.17. The highest BCUT2D eigenvalue weighted by atomic mass is 32.2. The Morgan fingerprint density at radius 3 is 2.40 bits per heavy atom. The minimum atomic E-state index is -3.72. The Kier molecular flexibility index (Phi) is 7.33. The van der Waals surface area contributed by atoms with E-state index in [1.54, 1.807) is 36.4 Å². The van der Waals surface area contributed by atoms with Gasteiger partial charge in [-0.1, -0.05) is 0 Å². The molecule has 30 heavy (non-hydrogen) atoms. The molecule has 1 heterocycles. The van der Waals surface area contributed by atoms with E-state index in [1.807, 2.05) is 18.7 Å². The standard InChI is InChI=1S/C22H28N2O5S/c1-3-28-16-17-13-14-24(15-17)22(25)18-5-7-19(8-6-18)23-30(26,27)21-11-9-20(10-12-21)29-4-2/h5-12,17,23H,3-4,13-16H2,1-2H3. The minimum absolute atomic E-state index is 0.0464. The number of nitrogens with zero attached hydrogens (tertiary/aromatic N) is 1. The van der Waals surface area contributed by atoms with Crippen LogP contribution in [0.1, 0.15) is 30.6 Å². The molecule has 0 aliphatic carbocycles. The van der Waals surface area contributed by atoms with E-state index in [4.69, 9.17) is 9.47 Å². The molecule has 2 aromatic carbocycles. The Morgan fingerprint density at radius 2 is 1.77 bits per heavy atom. The summed E-state index contributed by atoms with van der Waals surface area (Å²) in [4.78, 5) is 14.7. The van der Waals surface area contributed by atoms with Gasteiger partial charge >= 0.3 is 0 Å². The Hall–Kier alpha value is -2.58. The molecule has 7 nitrogen and oxygen atoms in total. The van der Waals surface area contributed by atoms with Crippen molar-refractivity contribution in [3.05, 3.63) is 54.1 Å². The van der Waals surface area contributed by atoms with E-state index >= 15 is 0 Å². The van der Waals surface area contributed by atoms with Crippen LogP contribution in [0.2, 0.25) is 0 Å². The third-order valence-corrected chi connectivity index (χ3v) is 6.36. The molecule has 1 amide bonds. The maximum Gasteiger partial charge on any atom is 0.261 e. The van der Waals surface area contributed by atoms with Gasteiger partial charge in [0.05, 0.1) is 18.1 Å². The van der Waals surface area contributed by atoms with Crippen molar-refractivity contribution in [2.75, 3.05) is 37.6 Å². The number of carbonyl (C=O) groups excluding carboxylic acids is 1. The largest absolute Gasteiger partial charge is 0.494 e. The van der Waals surface area contributed by atoms with Crippen molar-refractivity contribution >= 4 is 21.6 Å². The van der Waals surface area contributed by atoms with Crippen molar-refractivity contribution in [2.24, 2.45) is 5.92 Å². The van der Waals surface area contributed by atoms with Crippen molar-refractivity contribution < 1.29 is 22.7 Å². The van der Waals surface area contributed by atoms with Crippen LogP contribution in [0.25, 0.3) is 0 Å². The zero-order chi connectivity index (χ0) is 21.6. The molecule has 0 aromatic heterocycles. The highest BCUT2D eigenvalue weighted by molar-refractivity contribution is 7.92. The molecular weight excluding hydrogens is 404 g/mol. The summed E-state index contributed by atoms with van der Waals surface area (Å²) in [6.07, 6.45) is 0.936. The maximum atomic E-state index is 12.7. The molecular formula is C22H28N2O5S. The first-order chi connectivity index (χ1) is 14.4. The summed E-state index contributed by atoms with van der Waals surface area (Å²) in [5.41, 5.74) is 0.937. The number of benzene rings is 2. The van der Waals surface area contributed by atoms with Gasteiger partial charge in [0.25, 0.3) is 15.9 Å². The highest BCUT2D eigenvalue weighted by Crippen LogP contribution is 2.22. The second kappa shape index (κ2) is 9.95. The molecule has 3 rings (SSSR count). The fourth-order valence-corrected chi connectivity index (χ4v) is 4.46. The number of hydrogen-bond acceptors (Lipinski definition) is 5. The van der Waals surface area contributed by atoms with Crippen LogP contribution in [0.4, 0.5) is 5.69 Å². The molecule has 1 atom stereocenters. The average molecular weight is 433 g/mol. The summed E-state index contributed by atoms with van der Waals surface area (Å²) in [7, 11) is -3.72. The van der Waals surface area contributed by atoms with Gasteiger partial charge in [-0.3, -0.25) is 9.52 Å². The molecule has 1 aliphatic rings. The summed E-state index contributed by atoms with van der Waals surface area (Å²) < 4.78 is 38.5. The van der Waals surface area contributed by atoms with Gasteiger partial charge in [-0.2, -0.15) is 0 Å². The quantitative estimate of drug-likeness (QED) is 0.657. The molecule has 162 valence electrons. The number of hydrogen-bond donors (Lipinski definition) is 1. The number of amides is 1. The zero-order valence-electron chi connectivity index (χ0n) is 17.3. The Balaban J connectivity index is 1.62. The average Bonchev–Trinajstić information content (AvgIpc) is 3.22. The molecule has 2 aromatic rings. The predicted octanol–water partition coefficient (Wildman–Crippen LogP) is 3.38. The molecule has 8 heteroatoms. The summed E-state index contributed by atoms with van der Waals surface area (Å²) >= 11 is 0. The van der Waals surface area contributed by atoms with Gasteiger partial charge in [-0.25, -0.2) is 8.42 Å². The molecule has 0 spiro atoms. The van der Waals surface area contributed by atoms with Crippen LogP contribution in [0.15, 0.2) is 53.4 Å². The van der Waals surface area contributed by atoms with E-state index < -0.39 is 10.0 Å². The summed E-state index contributed by atoms with van der Waals surface area (Å²) in [6, 6.07) is 12.7. The van der Waals surface area contributed by atoms with E-state index in [2.05, 4.69) is 4.72 Å². The Bertz CT molecular complexity index is 942. The third-order valence-electron chi connectivity index (χ3n) is 4.96. The van der Waals surface area contributed by atoms with E-state index in [-0.39, 0.29) is 10.8 Å². The smallest absolute Gasteiger partial charge is 0.261 e. The number of ether oxygens (including phenoxy) is 2. The number of nitrogens with one attached hydrogen (secondary N) is 1. The van der Waals surface area contributed by atoms with Crippen LogP contribution in [0, 0.1) is 5.92 Å². The van der Waals surface area contributed by atoms with Gasteiger partial charge in [0, 0.05) is 36.9 Å². The molecule has 1 unspecified atom stereocenters. The topological polar surface area (TPSA) is 84.9 Å². The van der Waals surface area contributed by atoms with Crippen LogP contribution in [-0.4, -0.2) is 52.1 Å². The molecule has 0 radical (unpaired) electrons. The van der Waals surface area contributed by atoms with Crippen LogP contribution in [-0.2, 0) is 14.8 Å². The normalized spacial score (nSPS) is 16.5. The first kappa shape index (κ1) is 22.1. The SMILES string of the molecule is CCOCC1CCN(C(=O)c2ccc(NS(=O)(=O)c3ccc(OCC)cc3)cc2)C1. The summed E-state index contributed by atoms with van der Waals surface area (Å²) in [5, 5.41) is 0. The Labute approximate surface area is 178 Å². The highest BCUT2D eigenvalue weighted by Gasteiger charge is 2.27. The van der Waals surface area contributed by atoms with E-state index in [0.717, 1.165) is 6.42 Å². The first-order valence-corrected chi connectivity index (χ1v) is 11.6. The van der Waals surface area contributed by atoms with E-state index in [1.165, 1.54) is 12.1 Å². The van der Waals surface area contributed by atoms with E-state index in [9.17, 15) is 13.2 Å². The van der Waals surface area contributed by atoms with Gasteiger partial charge in [0.1, 0.15) is 5.75 Å². The van der Waals surface area contributed by atoms with Crippen molar-refractivity contribution in [1.29, 1.82) is 0 Å². The number of carbonyl (C=O) groups is 1. The van der Waals surface area contributed by atoms with Crippen LogP contribution in [0.5, 0.6) is 5.75 Å². The van der Waals surface area contributed by atoms with Crippen LogP contribution in [0.3, 0.4) is 0 Å². The molecule has 1 aliphatic heterocycles. The van der Waals surface area contributed by atoms with Crippen LogP contribution < -0.4 is 9.46 Å². The monoisotopic (exact) mass is 432 g/mol. The molecule has 1 saturated heterocycles.